The molecule has 1 fully saturated rings. The maximum atomic E-state index is 12.2. The van der Waals surface area contributed by atoms with Crippen LogP contribution in [-0.4, -0.2) is 22.6 Å². The number of nitrogens with zero attached hydrogens (tertiary/aromatic N) is 1. The van der Waals surface area contributed by atoms with Crippen molar-refractivity contribution in [3.05, 3.63) is 34.3 Å². The van der Waals surface area contributed by atoms with E-state index in [1.807, 2.05) is 49.9 Å². The molecular weight excluding hydrogens is 306 g/mol. The molecule has 1 aliphatic carbocycles. The highest BCUT2D eigenvalue weighted by molar-refractivity contribution is 9.10. The van der Waals surface area contributed by atoms with Crippen LogP contribution in [-0.2, 0) is 11.3 Å². The van der Waals surface area contributed by atoms with E-state index in [1.165, 1.54) is 0 Å². The third-order valence-corrected chi connectivity index (χ3v) is 3.69. The number of amides is 1. The summed E-state index contributed by atoms with van der Waals surface area (Å²) in [5.74, 6) is 0. The fourth-order valence-electron chi connectivity index (χ4n) is 1.86. The van der Waals surface area contributed by atoms with Crippen LogP contribution in [0.5, 0.6) is 0 Å². The summed E-state index contributed by atoms with van der Waals surface area (Å²) < 4.78 is 6.52. The van der Waals surface area contributed by atoms with Crippen molar-refractivity contribution in [3.63, 3.8) is 0 Å². The second-order valence-electron chi connectivity index (χ2n) is 5.93. The zero-order valence-corrected chi connectivity index (χ0v) is 13.2. The lowest BCUT2D eigenvalue weighted by Crippen LogP contribution is -2.37. The van der Waals surface area contributed by atoms with E-state index < -0.39 is 5.60 Å². The molecule has 3 nitrogen and oxygen atoms in total. The van der Waals surface area contributed by atoms with Crippen molar-refractivity contribution in [2.24, 2.45) is 0 Å². The maximum absolute atomic E-state index is 12.2. The summed E-state index contributed by atoms with van der Waals surface area (Å²) in [6.45, 7) is 6.29. The molecule has 0 atom stereocenters. The highest BCUT2D eigenvalue weighted by Gasteiger charge is 2.35. The Morgan fingerprint density at radius 3 is 2.53 bits per heavy atom. The van der Waals surface area contributed by atoms with Crippen LogP contribution < -0.4 is 0 Å². The van der Waals surface area contributed by atoms with Gasteiger partial charge in [-0.15, -0.1) is 0 Å². The normalized spacial score (nSPS) is 15.2. The summed E-state index contributed by atoms with van der Waals surface area (Å²) in [6.07, 6.45) is 1.93. The molecule has 104 valence electrons. The molecule has 0 unspecified atom stereocenters. The molecule has 1 aromatic carbocycles. The second kappa shape index (κ2) is 5.53. The third-order valence-electron chi connectivity index (χ3n) is 2.91. The Morgan fingerprint density at radius 2 is 2.00 bits per heavy atom. The van der Waals surface area contributed by atoms with Gasteiger partial charge < -0.3 is 9.64 Å². The topological polar surface area (TPSA) is 29.5 Å². The Bertz CT molecular complexity index is 463. The maximum Gasteiger partial charge on any atom is 0.410 e. The van der Waals surface area contributed by atoms with Gasteiger partial charge in [0.2, 0.25) is 0 Å². The minimum atomic E-state index is -0.446. The van der Waals surface area contributed by atoms with Gasteiger partial charge in [0.05, 0.1) is 6.54 Å². The van der Waals surface area contributed by atoms with Crippen LogP contribution in [0.3, 0.4) is 0 Å². The number of hydrogen-bond acceptors (Lipinski definition) is 2. The molecule has 2 rings (SSSR count). The SMILES string of the molecule is CC(C)(C)OC(=O)N(Cc1ccccc1Br)C1CC1. The van der Waals surface area contributed by atoms with Gasteiger partial charge in [0.1, 0.15) is 5.60 Å². The number of rotatable bonds is 3. The fourth-order valence-corrected chi connectivity index (χ4v) is 2.27. The minimum Gasteiger partial charge on any atom is -0.444 e. The van der Waals surface area contributed by atoms with Gasteiger partial charge in [-0.2, -0.15) is 0 Å². The summed E-state index contributed by atoms with van der Waals surface area (Å²) >= 11 is 3.53. The van der Waals surface area contributed by atoms with E-state index in [1.54, 1.807) is 0 Å². The van der Waals surface area contributed by atoms with Gasteiger partial charge >= 0.3 is 6.09 Å². The molecule has 0 N–H and O–H groups in total. The largest absolute Gasteiger partial charge is 0.444 e. The molecule has 1 aliphatic rings. The van der Waals surface area contributed by atoms with E-state index in [0.29, 0.717) is 12.6 Å². The average molecular weight is 326 g/mol. The lowest BCUT2D eigenvalue weighted by molar-refractivity contribution is 0.0216. The van der Waals surface area contributed by atoms with Crippen LogP contribution in [0, 0.1) is 0 Å². The van der Waals surface area contributed by atoms with Crippen molar-refractivity contribution in [3.8, 4) is 0 Å². The molecule has 0 bridgehead atoms. The van der Waals surface area contributed by atoms with Gasteiger partial charge in [-0.25, -0.2) is 4.79 Å². The summed E-state index contributed by atoms with van der Waals surface area (Å²) in [6, 6.07) is 8.32. The lowest BCUT2D eigenvalue weighted by Gasteiger charge is -2.27. The van der Waals surface area contributed by atoms with Gasteiger partial charge in [-0.1, -0.05) is 34.1 Å². The zero-order chi connectivity index (χ0) is 14.0. The quantitative estimate of drug-likeness (QED) is 0.826. The molecule has 1 aromatic rings. The number of carbonyl (C=O) groups excluding carboxylic acids is 1. The Balaban J connectivity index is 2.09. The summed E-state index contributed by atoms with van der Waals surface area (Å²) in [4.78, 5) is 14.1. The van der Waals surface area contributed by atoms with Crippen molar-refractivity contribution >= 4 is 22.0 Å². The predicted octanol–water partition coefficient (Wildman–Crippen LogP) is 4.35. The molecule has 0 heterocycles. The highest BCUT2D eigenvalue weighted by Crippen LogP contribution is 2.31. The summed E-state index contributed by atoms with van der Waals surface area (Å²) in [5.41, 5.74) is 0.665. The molecule has 0 spiro atoms. The molecule has 0 aromatic heterocycles. The Labute approximate surface area is 123 Å². The Morgan fingerprint density at radius 1 is 1.37 bits per heavy atom. The van der Waals surface area contributed by atoms with Crippen LogP contribution in [0.4, 0.5) is 4.79 Å². The van der Waals surface area contributed by atoms with Crippen LogP contribution in [0.2, 0.25) is 0 Å². The van der Waals surface area contributed by atoms with E-state index >= 15 is 0 Å². The van der Waals surface area contributed by atoms with Gasteiger partial charge in [0, 0.05) is 10.5 Å². The first kappa shape index (κ1) is 14.4. The average Bonchev–Trinajstić information content (AvgIpc) is 3.09. The Kier molecular flexibility index (Phi) is 4.19. The second-order valence-corrected chi connectivity index (χ2v) is 6.79. The first-order chi connectivity index (χ1) is 8.87. The molecule has 0 saturated heterocycles. The van der Waals surface area contributed by atoms with Crippen molar-refractivity contribution in [2.45, 2.75) is 51.8 Å². The number of halogens is 1. The molecule has 19 heavy (non-hydrogen) atoms. The van der Waals surface area contributed by atoms with Crippen molar-refractivity contribution in [1.29, 1.82) is 0 Å². The number of carbonyl (C=O) groups is 1. The summed E-state index contributed by atoms with van der Waals surface area (Å²) in [7, 11) is 0. The molecular formula is C15H20BrNO2. The fraction of sp³-hybridized carbons (Fsp3) is 0.533. The first-order valence-electron chi connectivity index (χ1n) is 6.60. The third kappa shape index (κ3) is 4.23. The van der Waals surface area contributed by atoms with E-state index in [4.69, 9.17) is 4.74 Å². The molecule has 0 aliphatic heterocycles. The Hall–Kier alpha value is -1.03. The van der Waals surface area contributed by atoms with Crippen molar-refractivity contribution in [2.75, 3.05) is 0 Å². The molecule has 1 saturated carbocycles. The number of hydrogen-bond donors (Lipinski definition) is 0. The van der Waals surface area contributed by atoms with Gasteiger partial charge in [0.25, 0.3) is 0 Å². The van der Waals surface area contributed by atoms with E-state index in [2.05, 4.69) is 15.9 Å². The summed E-state index contributed by atoms with van der Waals surface area (Å²) in [5, 5.41) is 0. The molecule has 4 heteroatoms. The smallest absolute Gasteiger partial charge is 0.410 e. The van der Waals surface area contributed by atoms with E-state index in [9.17, 15) is 4.79 Å². The standard InChI is InChI=1S/C15H20BrNO2/c1-15(2,3)19-14(18)17(12-8-9-12)10-11-6-4-5-7-13(11)16/h4-7,12H,8-10H2,1-3H3. The van der Waals surface area contributed by atoms with E-state index in [-0.39, 0.29) is 6.09 Å². The van der Waals surface area contributed by atoms with Crippen LogP contribution in [0.1, 0.15) is 39.2 Å². The van der Waals surface area contributed by atoms with Crippen molar-refractivity contribution < 1.29 is 9.53 Å². The molecule has 1 amide bonds. The highest BCUT2D eigenvalue weighted by atomic mass is 79.9. The van der Waals surface area contributed by atoms with E-state index in [0.717, 1.165) is 22.9 Å². The monoisotopic (exact) mass is 325 g/mol. The zero-order valence-electron chi connectivity index (χ0n) is 11.6. The first-order valence-corrected chi connectivity index (χ1v) is 7.39. The van der Waals surface area contributed by atoms with Gasteiger partial charge in [-0.05, 0) is 45.2 Å². The van der Waals surface area contributed by atoms with Crippen LogP contribution >= 0.6 is 15.9 Å². The predicted molar refractivity (Wildman–Crippen MR) is 78.9 cm³/mol. The number of benzene rings is 1. The lowest BCUT2D eigenvalue weighted by atomic mass is 10.2. The molecule has 0 radical (unpaired) electrons. The van der Waals surface area contributed by atoms with Gasteiger partial charge in [0.15, 0.2) is 0 Å². The van der Waals surface area contributed by atoms with Gasteiger partial charge in [-0.3, -0.25) is 0 Å². The van der Waals surface area contributed by atoms with Crippen LogP contribution in [0.25, 0.3) is 0 Å². The van der Waals surface area contributed by atoms with Crippen molar-refractivity contribution in [1.82, 2.24) is 4.90 Å². The minimum absolute atomic E-state index is 0.217. The van der Waals surface area contributed by atoms with Crippen LogP contribution in [0.15, 0.2) is 28.7 Å². The number of ether oxygens (including phenoxy) is 1.